The van der Waals surface area contributed by atoms with Crippen molar-refractivity contribution in [2.45, 2.75) is 26.4 Å². The Morgan fingerprint density at radius 1 is 1.50 bits per heavy atom. The molecule has 0 fully saturated rings. The lowest BCUT2D eigenvalue weighted by Crippen LogP contribution is -2.35. The van der Waals surface area contributed by atoms with E-state index in [4.69, 9.17) is 9.84 Å². The number of hydrogen-bond donors (Lipinski definition) is 1. The van der Waals surface area contributed by atoms with Crippen LogP contribution in [-0.2, 0) is 11.3 Å². The Hall–Kier alpha value is -1.07. The number of methoxy groups -OCH3 is 1. The molecule has 18 heavy (non-hydrogen) atoms. The van der Waals surface area contributed by atoms with E-state index >= 15 is 0 Å². The van der Waals surface area contributed by atoms with Crippen LogP contribution in [-0.4, -0.2) is 35.7 Å². The van der Waals surface area contributed by atoms with Crippen LogP contribution >= 0.6 is 15.9 Å². The number of carboxylic acids is 1. The first-order chi connectivity index (χ1) is 8.43. The number of benzene rings is 1. The number of rotatable bonds is 6. The maximum absolute atomic E-state index is 10.8. The van der Waals surface area contributed by atoms with E-state index in [1.54, 1.807) is 7.11 Å². The van der Waals surface area contributed by atoms with E-state index in [9.17, 15) is 4.79 Å². The standard InChI is InChI=1S/C13H18BrNO3/c1-9(2)15(8-13(16)17)7-10-6-11(18-3)4-5-12(10)14/h4-6,9H,7-8H2,1-3H3,(H,16,17). The fourth-order valence-corrected chi connectivity index (χ4v) is 1.98. The summed E-state index contributed by atoms with van der Waals surface area (Å²) >= 11 is 3.47. The Morgan fingerprint density at radius 3 is 2.67 bits per heavy atom. The van der Waals surface area contributed by atoms with E-state index in [-0.39, 0.29) is 12.6 Å². The Morgan fingerprint density at radius 2 is 2.17 bits per heavy atom. The van der Waals surface area contributed by atoms with Crippen LogP contribution in [0.3, 0.4) is 0 Å². The van der Waals surface area contributed by atoms with Gasteiger partial charge >= 0.3 is 5.97 Å². The highest BCUT2D eigenvalue weighted by atomic mass is 79.9. The molecule has 0 amide bonds. The van der Waals surface area contributed by atoms with Crippen LogP contribution in [0.15, 0.2) is 22.7 Å². The van der Waals surface area contributed by atoms with Crippen LogP contribution in [0.25, 0.3) is 0 Å². The zero-order valence-electron chi connectivity index (χ0n) is 10.8. The van der Waals surface area contributed by atoms with Crippen molar-refractivity contribution >= 4 is 21.9 Å². The molecule has 5 heteroatoms. The summed E-state index contributed by atoms with van der Waals surface area (Å²) in [6.07, 6.45) is 0. The fraction of sp³-hybridized carbons (Fsp3) is 0.462. The van der Waals surface area contributed by atoms with E-state index in [0.29, 0.717) is 6.54 Å². The highest BCUT2D eigenvalue weighted by Crippen LogP contribution is 2.24. The van der Waals surface area contributed by atoms with Gasteiger partial charge in [-0.2, -0.15) is 0 Å². The fourth-order valence-electron chi connectivity index (χ4n) is 1.61. The highest BCUT2D eigenvalue weighted by Gasteiger charge is 2.15. The first-order valence-corrected chi connectivity index (χ1v) is 6.51. The van der Waals surface area contributed by atoms with Crippen molar-refractivity contribution < 1.29 is 14.6 Å². The molecular formula is C13H18BrNO3. The highest BCUT2D eigenvalue weighted by molar-refractivity contribution is 9.10. The summed E-state index contributed by atoms with van der Waals surface area (Å²) in [5, 5.41) is 8.90. The van der Waals surface area contributed by atoms with Crippen LogP contribution < -0.4 is 4.74 Å². The molecule has 1 rings (SSSR count). The van der Waals surface area contributed by atoms with E-state index in [0.717, 1.165) is 15.8 Å². The van der Waals surface area contributed by atoms with Crippen molar-refractivity contribution in [2.24, 2.45) is 0 Å². The van der Waals surface area contributed by atoms with Crippen molar-refractivity contribution in [3.63, 3.8) is 0 Å². The summed E-state index contributed by atoms with van der Waals surface area (Å²) in [6, 6.07) is 5.86. The third-order valence-corrected chi connectivity index (χ3v) is 3.47. The van der Waals surface area contributed by atoms with Crippen molar-refractivity contribution in [1.29, 1.82) is 0 Å². The Labute approximate surface area is 116 Å². The third kappa shape index (κ3) is 4.31. The lowest BCUT2D eigenvalue weighted by Gasteiger charge is -2.25. The molecular weight excluding hydrogens is 298 g/mol. The molecule has 4 nitrogen and oxygen atoms in total. The van der Waals surface area contributed by atoms with Gasteiger partial charge in [-0.3, -0.25) is 9.69 Å². The molecule has 0 heterocycles. The van der Waals surface area contributed by atoms with E-state index in [2.05, 4.69) is 15.9 Å². The summed E-state index contributed by atoms with van der Waals surface area (Å²) in [5.74, 6) is -0.0463. The molecule has 0 bridgehead atoms. The zero-order chi connectivity index (χ0) is 13.7. The minimum absolute atomic E-state index is 0.0291. The number of carboxylic acid groups (broad SMARTS) is 1. The molecule has 0 aliphatic heterocycles. The summed E-state index contributed by atoms with van der Waals surface area (Å²) < 4.78 is 6.14. The first-order valence-electron chi connectivity index (χ1n) is 5.72. The van der Waals surface area contributed by atoms with E-state index in [1.165, 1.54) is 0 Å². The van der Waals surface area contributed by atoms with E-state index in [1.807, 2.05) is 36.9 Å². The predicted octanol–water partition coefficient (Wildman–Crippen LogP) is 2.75. The van der Waals surface area contributed by atoms with Crippen LogP contribution in [0.4, 0.5) is 0 Å². The normalized spacial score (nSPS) is 11.0. The van der Waals surface area contributed by atoms with Crippen LogP contribution in [0, 0.1) is 0 Å². The number of aliphatic carboxylic acids is 1. The Kier molecular flexibility index (Phi) is 5.62. The molecule has 0 aliphatic rings. The topological polar surface area (TPSA) is 49.8 Å². The minimum Gasteiger partial charge on any atom is -0.497 e. The van der Waals surface area contributed by atoms with Gasteiger partial charge < -0.3 is 9.84 Å². The number of nitrogens with zero attached hydrogens (tertiary/aromatic N) is 1. The van der Waals surface area contributed by atoms with Crippen LogP contribution in [0.5, 0.6) is 5.75 Å². The summed E-state index contributed by atoms with van der Waals surface area (Å²) in [4.78, 5) is 12.7. The van der Waals surface area contributed by atoms with Crippen LogP contribution in [0.1, 0.15) is 19.4 Å². The van der Waals surface area contributed by atoms with Gasteiger partial charge in [0.05, 0.1) is 13.7 Å². The molecule has 100 valence electrons. The molecule has 0 aliphatic carbocycles. The minimum atomic E-state index is -0.817. The van der Waals surface area contributed by atoms with Crippen LogP contribution in [0.2, 0.25) is 0 Å². The lowest BCUT2D eigenvalue weighted by atomic mass is 10.1. The van der Waals surface area contributed by atoms with Gasteiger partial charge in [0.25, 0.3) is 0 Å². The van der Waals surface area contributed by atoms with Gasteiger partial charge in [-0.05, 0) is 37.6 Å². The predicted molar refractivity (Wildman–Crippen MR) is 73.9 cm³/mol. The number of halogens is 1. The monoisotopic (exact) mass is 315 g/mol. The molecule has 1 N–H and O–H groups in total. The second-order valence-corrected chi connectivity index (χ2v) is 5.20. The summed E-state index contributed by atoms with van der Waals surface area (Å²) in [6.45, 7) is 4.57. The van der Waals surface area contributed by atoms with Gasteiger partial charge in [0, 0.05) is 17.1 Å². The number of carbonyl (C=O) groups is 1. The van der Waals surface area contributed by atoms with Crippen molar-refractivity contribution in [3.05, 3.63) is 28.2 Å². The molecule has 0 aromatic heterocycles. The first kappa shape index (κ1) is 15.0. The van der Waals surface area contributed by atoms with Crippen molar-refractivity contribution in [2.75, 3.05) is 13.7 Å². The van der Waals surface area contributed by atoms with Gasteiger partial charge in [-0.15, -0.1) is 0 Å². The quantitative estimate of drug-likeness (QED) is 0.877. The molecule has 0 saturated carbocycles. The molecule has 1 aromatic rings. The zero-order valence-corrected chi connectivity index (χ0v) is 12.4. The van der Waals surface area contributed by atoms with Gasteiger partial charge in [0.2, 0.25) is 0 Å². The van der Waals surface area contributed by atoms with Gasteiger partial charge in [-0.1, -0.05) is 15.9 Å². The van der Waals surface area contributed by atoms with Gasteiger partial charge in [-0.25, -0.2) is 0 Å². The average Bonchev–Trinajstić information content (AvgIpc) is 2.30. The molecule has 0 atom stereocenters. The average molecular weight is 316 g/mol. The SMILES string of the molecule is COc1ccc(Br)c(CN(CC(=O)O)C(C)C)c1. The molecule has 1 aromatic carbocycles. The number of ether oxygens (including phenoxy) is 1. The second kappa shape index (κ2) is 6.75. The smallest absolute Gasteiger partial charge is 0.317 e. The second-order valence-electron chi connectivity index (χ2n) is 4.35. The number of hydrogen-bond acceptors (Lipinski definition) is 3. The van der Waals surface area contributed by atoms with Crippen molar-refractivity contribution in [1.82, 2.24) is 4.90 Å². The van der Waals surface area contributed by atoms with E-state index < -0.39 is 5.97 Å². The molecule has 0 saturated heterocycles. The lowest BCUT2D eigenvalue weighted by molar-refractivity contribution is -0.138. The summed E-state index contributed by atoms with van der Waals surface area (Å²) in [5.41, 5.74) is 1.02. The Bertz CT molecular complexity index is 421. The van der Waals surface area contributed by atoms with Crippen molar-refractivity contribution in [3.8, 4) is 5.75 Å². The van der Waals surface area contributed by atoms with Gasteiger partial charge in [0.15, 0.2) is 0 Å². The molecule has 0 spiro atoms. The Balaban J connectivity index is 2.88. The molecule has 0 radical (unpaired) electrons. The largest absolute Gasteiger partial charge is 0.497 e. The maximum Gasteiger partial charge on any atom is 0.317 e. The third-order valence-electron chi connectivity index (χ3n) is 2.69. The van der Waals surface area contributed by atoms with Gasteiger partial charge in [0.1, 0.15) is 5.75 Å². The summed E-state index contributed by atoms with van der Waals surface area (Å²) in [7, 11) is 1.62. The maximum atomic E-state index is 10.8. The molecule has 0 unspecified atom stereocenters.